The SMILES string of the molecule is CN1CCC(NC(=O)[C@H](Cc2ccc(Oc3ccnc4c3c(I)cn4COCC[Si](C)(C)C)c(F)c2)NC(=O)OC(C)(C)C)CC1. The monoisotopic (exact) mass is 767 g/mol. The number of carbonyl (C=O) groups excluding carboxylic acids is 2. The smallest absolute Gasteiger partial charge is 0.408 e. The summed E-state index contributed by atoms with van der Waals surface area (Å²) in [6, 6.07) is 6.42. The van der Waals surface area contributed by atoms with Crippen molar-refractivity contribution in [3.05, 3.63) is 51.6 Å². The molecule has 1 aliphatic rings. The van der Waals surface area contributed by atoms with Gasteiger partial charge in [0.25, 0.3) is 0 Å². The Hall–Kier alpha value is -2.75. The highest BCUT2D eigenvalue weighted by Crippen LogP contribution is 2.34. The molecular weight excluding hydrogens is 720 g/mol. The second-order valence-corrected chi connectivity index (χ2v) is 20.9. The second-order valence-electron chi connectivity index (χ2n) is 14.2. The molecular formula is C33H47FIN5O5Si. The molecule has 2 amide bonds. The average molecular weight is 768 g/mol. The number of piperidine rings is 1. The molecule has 13 heteroatoms. The summed E-state index contributed by atoms with van der Waals surface area (Å²) in [5, 5.41) is 6.53. The first kappa shape index (κ1) is 36.1. The quantitative estimate of drug-likeness (QED) is 0.123. The van der Waals surface area contributed by atoms with Gasteiger partial charge in [-0.25, -0.2) is 14.2 Å². The van der Waals surface area contributed by atoms with E-state index in [1.165, 1.54) is 6.07 Å². The molecule has 1 atom stereocenters. The zero-order chi connectivity index (χ0) is 33.6. The Morgan fingerprint density at radius 3 is 2.52 bits per heavy atom. The van der Waals surface area contributed by atoms with Crippen LogP contribution in [0.2, 0.25) is 25.7 Å². The first-order valence-corrected chi connectivity index (χ1v) is 20.5. The standard InChI is InChI=1S/C33H47FIN5O5Si/c1-33(2,3)45-32(42)38-26(31(41)37-23-11-14-39(4)15-12-23)19-22-8-9-27(24(34)18-22)44-28-10-13-36-30-29(28)25(35)20-40(30)21-43-16-17-46(5,6)7/h8-10,13,18,20,23,26H,11-12,14-17,19,21H2,1-7H3,(H,37,41)(H,38,42)/t26-/m0/s1. The van der Waals surface area contributed by atoms with Crippen molar-refractivity contribution in [2.45, 2.75) is 90.1 Å². The van der Waals surface area contributed by atoms with Crippen LogP contribution in [0.3, 0.4) is 0 Å². The average Bonchev–Trinajstić information content (AvgIpc) is 3.28. The highest BCUT2D eigenvalue weighted by Gasteiger charge is 2.28. The van der Waals surface area contributed by atoms with Crippen LogP contribution in [0.4, 0.5) is 9.18 Å². The topological polar surface area (TPSA) is 107 Å². The van der Waals surface area contributed by atoms with Crippen molar-refractivity contribution < 1.29 is 28.2 Å². The molecule has 0 spiro atoms. The minimum atomic E-state index is -1.20. The van der Waals surface area contributed by atoms with Gasteiger partial charge in [0, 0.05) is 43.1 Å². The number of hydrogen-bond acceptors (Lipinski definition) is 7. The number of nitrogens with one attached hydrogen (secondary N) is 2. The summed E-state index contributed by atoms with van der Waals surface area (Å²) < 4.78 is 35.8. The largest absolute Gasteiger partial charge is 0.453 e. The van der Waals surface area contributed by atoms with E-state index in [4.69, 9.17) is 14.2 Å². The maximum absolute atomic E-state index is 15.5. The number of fused-ring (bicyclic) bond motifs is 1. The molecule has 3 heterocycles. The summed E-state index contributed by atoms with van der Waals surface area (Å²) in [6.45, 7) is 15.0. The van der Waals surface area contributed by atoms with E-state index in [-0.39, 0.29) is 24.1 Å². The number of amides is 2. The Morgan fingerprint density at radius 1 is 1.15 bits per heavy atom. The fourth-order valence-corrected chi connectivity index (χ4v) is 6.69. The van der Waals surface area contributed by atoms with E-state index >= 15 is 4.39 Å². The molecule has 0 saturated carbocycles. The number of halogens is 2. The number of carbonyl (C=O) groups is 2. The molecule has 46 heavy (non-hydrogen) atoms. The van der Waals surface area contributed by atoms with Crippen molar-refractivity contribution in [2.24, 2.45) is 0 Å². The fraction of sp³-hybridized carbons (Fsp3) is 0.545. The molecule has 0 bridgehead atoms. The summed E-state index contributed by atoms with van der Waals surface area (Å²) >= 11 is 2.22. The number of rotatable bonds is 12. The number of pyridine rings is 1. The number of alkyl carbamates (subject to hydrolysis) is 1. The molecule has 1 saturated heterocycles. The third kappa shape index (κ3) is 10.6. The zero-order valence-electron chi connectivity index (χ0n) is 27.9. The van der Waals surface area contributed by atoms with Crippen molar-refractivity contribution in [1.29, 1.82) is 0 Å². The Morgan fingerprint density at radius 2 is 1.87 bits per heavy atom. The zero-order valence-corrected chi connectivity index (χ0v) is 31.1. The summed E-state index contributed by atoms with van der Waals surface area (Å²) in [6.07, 6.45) is 4.59. The van der Waals surface area contributed by atoms with Gasteiger partial charge in [0.2, 0.25) is 5.91 Å². The van der Waals surface area contributed by atoms with Gasteiger partial charge >= 0.3 is 6.09 Å². The molecule has 2 N–H and O–H groups in total. The van der Waals surface area contributed by atoms with Gasteiger partial charge in [0.05, 0.1) is 5.39 Å². The maximum atomic E-state index is 15.5. The van der Waals surface area contributed by atoms with Gasteiger partial charge in [-0.3, -0.25) is 4.79 Å². The number of nitrogens with zero attached hydrogens (tertiary/aromatic N) is 3. The fourth-order valence-electron chi connectivity index (χ4n) is 5.09. The van der Waals surface area contributed by atoms with Crippen LogP contribution >= 0.6 is 22.6 Å². The lowest BCUT2D eigenvalue weighted by Gasteiger charge is -2.31. The van der Waals surface area contributed by atoms with E-state index in [0.29, 0.717) is 30.3 Å². The molecule has 0 aliphatic carbocycles. The highest BCUT2D eigenvalue weighted by molar-refractivity contribution is 14.1. The number of aromatic nitrogens is 2. The summed E-state index contributed by atoms with van der Waals surface area (Å²) in [5.41, 5.74) is 0.487. The third-order valence-corrected chi connectivity index (χ3v) is 10.2. The Bertz CT molecular complexity index is 1510. The first-order valence-electron chi connectivity index (χ1n) is 15.7. The first-order chi connectivity index (χ1) is 21.6. The number of hydrogen-bond donors (Lipinski definition) is 2. The van der Waals surface area contributed by atoms with Crippen LogP contribution in [0.25, 0.3) is 11.0 Å². The van der Waals surface area contributed by atoms with Gasteiger partial charge in [-0.15, -0.1) is 0 Å². The van der Waals surface area contributed by atoms with Crippen molar-refractivity contribution in [2.75, 3.05) is 26.7 Å². The van der Waals surface area contributed by atoms with Crippen LogP contribution in [0.15, 0.2) is 36.7 Å². The van der Waals surface area contributed by atoms with Gasteiger partial charge in [-0.2, -0.15) is 0 Å². The van der Waals surface area contributed by atoms with E-state index in [0.717, 1.165) is 40.9 Å². The lowest BCUT2D eigenvalue weighted by atomic mass is 10.0. The maximum Gasteiger partial charge on any atom is 0.408 e. The number of benzene rings is 1. The predicted molar refractivity (Wildman–Crippen MR) is 189 cm³/mol. The lowest BCUT2D eigenvalue weighted by molar-refractivity contribution is -0.124. The molecule has 4 rings (SSSR count). The Kier molecular flexibility index (Phi) is 12.1. The summed E-state index contributed by atoms with van der Waals surface area (Å²) in [5.74, 6) is -0.398. The minimum absolute atomic E-state index is 0.00530. The minimum Gasteiger partial charge on any atom is -0.453 e. The van der Waals surface area contributed by atoms with E-state index in [2.05, 4.69) is 62.7 Å². The number of ether oxygens (including phenoxy) is 3. The van der Waals surface area contributed by atoms with E-state index < -0.39 is 31.6 Å². The molecule has 0 unspecified atom stereocenters. The molecule has 252 valence electrons. The van der Waals surface area contributed by atoms with Crippen LogP contribution in [0, 0.1) is 9.39 Å². The van der Waals surface area contributed by atoms with Crippen molar-refractivity contribution in [3.63, 3.8) is 0 Å². The third-order valence-electron chi connectivity index (χ3n) is 7.63. The van der Waals surface area contributed by atoms with E-state index in [1.54, 1.807) is 45.2 Å². The van der Waals surface area contributed by atoms with Crippen LogP contribution in [0.5, 0.6) is 11.5 Å². The predicted octanol–water partition coefficient (Wildman–Crippen LogP) is 6.53. The molecule has 0 radical (unpaired) electrons. The molecule has 1 fully saturated rings. The van der Waals surface area contributed by atoms with Crippen LogP contribution < -0.4 is 15.4 Å². The molecule has 3 aromatic rings. The molecule has 1 aromatic carbocycles. The van der Waals surface area contributed by atoms with Gasteiger partial charge in [-0.05, 0) is 106 Å². The Balaban J connectivity index is 1.48. The van der Waals surface area contributed by atoms with E-state index in [9.17, 15) is 9.59 Å². The Labute approximate surface area is 285 Å². The van der Waals surface area contributed by atoms with Gasteiger partial charge in [0.15, 0.2) is 11.6 Å². The van der Waals surface area contributed by atoms with Crippen molar-refractivity contribution in [3.8, 4) is 11.5 Å². The lowest BCUT2D eigenvalue weighted by Crippen LogP contribution is -2.53. The molecule has 10 nitrogen and oxygen atoms in total. The number of likely N-dealkylation sites (tertiary alicyclic amines) is 1. The molecule has 2 aromatic heterocycles. The molecule has 1 aliphatic heterocycles. The normalized spacial score (nSPS) is 15.5. The van der Waals surface area contributed by atoms with Crippen LogP contribution in [-0.2, 0) is 27.4 Å². The van der Waals surface area contributed by atoms with Gasteiger partial charge in [-0.1, -0.05) is 25.7 Å². The van der Waals surface area contributed by atoms with Crippen LogP contribution in [-0.4, -0.2) is 79.0 Å². The second kappa shape index (κ2) is 15.4. The van der Waals surface area contributed by atoms with Crippen LogP contribution in [0.1, 0.15) is 39.2 Å². The van der Waals surface area contributed by atoms with E-state index in [1.807, 2.05) is 17.8 Å². The summed E-state index contributed by atoms with van der Waals surface area (Å²) in [7, 11) is 0.848. The van der Waals surface area contributed by atoms with Gasteiger partial charge in [0.1, 0.15) is 29.8 Å². The highest BCUT2D eigenvalue weighted by atomic mass is 127. The van der Waals surface area contributed by atoms with Crippen molar-refractivity contribution in [1.82, 2.24) is 25.1 Å². The van der Waals surface area contributed by atoms with Crippen molar-refractivity contribution >= 4 is 53.7 Å². The van der Waals surface area contributed by atoms with Gasteiger partial charge < -0.3 is 34.3 Å². The summed E-state index contributed by atoms with van der Waals surface area (Å²) in [4.78, 5) is 32.7.